The molecule has 7 heteroatoms. The average Bonchev–Trinajstić information content (AvgIpc) is 3.23. The average molecular weight is 350 g/mol. The summed E-state index contributed by atoms with van der Waals surface area (Å²) in [5.41, 5.74) is 10.1. The number of nitrogen functional groups attached to an aromatic ring is 1. The highest BCUT2D eigenvalue weighted by molar-refractivity contribution is 5.58. The summed E-state index contributed by atoms with van der Waals surface area (Å²) in [6.45, 7) is 2.51. The second-order valence-electron chi connectivity index (χ2n) is 6.60. The molecular formula is C19H22N6O. The molecule has 0 fully saturated rings. The van der Waals surface area contributed by atoms with E-state index in [0.717, 1.165) is 35.7 Å². The molecule has 3 aromatic rings. The van der Waals surface area contributed by atoms with Gasteiger partial charge in [-0.25, -0.2) is 19.6 Å². The Bertz CT molecular complexity index is 911. The normalized spacial score (nSPS) is 13.9. The van der Waals surface area contributed by atoms with Crippen LogP contribution in [0.2, 0.25) is 0 Å². The van der Waals surface area contributed by atoms with Gasteiger partial charge < -0.3 is 10.5 Å². The number of aryl methyl sites for hydroxylation is 1. The van der Waals surface area contributed by atoms with Crippen LogP contribution in [-0.4, -0.2) is 38.4 Å². The molecule has 0 saturated carbocycles. The second-order valence-corrected chi connectivity index (χ2v) is 6.60. The minimum absolute atomic E-state index is 0.239. The molecule has 0 atom stereocenters. The molecule has 1 aliphatic carbocycles. The van der Waals surface area contributed by atoms with Crippen LogP contribution in [0.4, 0.5) is 5.95 Å². The maximum atomic E-state index is 5.71. The number of rotatable bonds is 5. The van der Waals surface area contributed by atoms with Crippen LogP contribution in [0.25, 0.3) is 11.4 Å². The fourth-order valence-corrected chi connectivity index (χ4v) is 3.52. The van der Waals surface area contributed by atoms with E-state index in [4.69, 9.17) is 20.6 Å². The van der Waals surface area contributed by atoms with Gasteiger partial charge >= 0.3 is 0 Å². The van der Waals surface area contributed by atoms with Crippen LogP contribution >= 0.6 is 0 Å². The zero-order valence-electron chi connectivity index (χ0n) is 15.0. The van der Waals surface area contributed by atoms with Gasteiger partial charge in [0.25, 0.3) is 0 Å². The number of aromatic nitrogens is 5. The molecule has 0 aliphatic heterocycles. The molecular weight excluding hydrogens is 328 g/mol. The van der Waals surface area contributed by atoms with Gasteiger partial charge in [0.05, 0.1) is 23.9 Å². The van der Waals surface area contributed by atoms with Crippen LogP contribution in [0.3, 0.4) is 0 Å². The first-order valence-corrected chi connectivity index (χ1v) is 8.76. The maximum Gasteiger partial charge on any atom is 0.220 e. The number of benzene rings is 1. The summed E-state index contributed by atoms with van der Waals surface area (Å²) < 4.78 is 7.22. The van der Waals surface area contributed by atoms with E-state index < -0.39 is 0 Å². The standard InChI is InChI=1S/C19H22N6O/c1-12-16(11-21-19(20)22-12)18-23-17(7-8-26-2)24-25(18)15-9-13-5-3-4-6-14(13)10-15/h3-6,11,15H,7-10H2,1-2H3,(H2,20,21,22). The third-order valence-electron chi connectivity index (χ3n) is 4.82. The predicted molar refractivity (Wildman–Crippen MR) is 98.7 cm³/mol. The van der Waals surface area contributed by atoms with Crippen LogP contribution in [0.5, 0.6) is 0 Å². The Morgan fingerprint density at radius 3 is 2.58 bits per heavy atom. The van der Waals surface area contributed by atoms with Crippen LogP contribution in [-0.2, 0) is 24.0 Å². The van der Waals surface area contributed by atoms with E-state index in [1.807, 2.05) is 11.6 Å². The van der Waals surface area contributed by atoms with E-state index in [1.165, 1.54) is 11.1 Å². The van der Waals surface area contributed by atoms with Gasteiger partial charge in [0, 0.05) is 19.7 Å². The number of nitrogens with zero attached hydrogens (tertiary/aromatic N) is 5. The van der Waals surface area contributed by atoms with E-state index in [0.29, 0.717) is 13.0 Å². The van der Waals surface area contributed by atoms with Crippen LogP contribution < -0.4 is 5.73 Å². The van der Waals surface area contributed by atoms with Crippen LogP contribution in [0.15, 0.2) is 30.5 Å². The van der Waals surface area contributed by atoms with Crippen molar-refractivity contribution in [3.8, 4) is 11.4 Å². The zero-order valence-corrected chi connectivity index (χ0v) is 15.0. The first-order chi connectivity index (χ1) is 12.7. The number of hydrogen-bond donors (Lipinski definition) is 1. The summed E-state index contributed by atoms with van der Waals surface area (Å²) in [6.07, 6.45) is 4.31. The Hall–Kier alpha value is -2.80. The quantitative estimate of drug-likeness (QED) is 0.758. The highest BCUT2D eigenvalue weighted by Crippen LogP contribution is 2.33. The van der Waals surface area contributed by atoms with E-state index >= 15 is 0 Å². The minimum Gasteiger partial charge on any atom is -0.384 e. The smallest absolute Gasteiger partial charge is 0.220 e. The van der Waals surface area contributed by atoms with Crippen LogP contribution in [0, 0.1) is 6.92 Å². The maximum absolute atomic E-state index is 5.71. The fraction of sp³-hybridized carbons (Fsp3) is 0.368. The first-order valence-electron chi connectivity index (χ1n) is 8.76. The molecule has 1 aromatic carbocycles. The molecule has 4 rings (SSSR count). The topological polar surface area (TPSA) is 91.7 Å². The Kier molecular flexibility index (Phi) is 4.38. The highest BCUT2D eigenvalue weighted by Gasteiger charge is 2.27. The lowest BCUT2D eigenvalue weighted by atomic mass is 10.1. The number of anilines is 1. The molecule has 134 valence electrons. The summed E-state index contributed by atoms with van der Waals surface area (Å²) >= 11 is 0. The number of fused-ring (bicyclic) bond motifs is 1. The molecule has 2 aromatic heterocycles. The van der Waals surface area contributed by atoms with Crippen molar-refractivity contribution in [3.63, 3.8) is 0 Å². The summed E-state index contributed by atoms with van der Waals surface area (Å²) in [5, 5.41) is 4.79. The lowest BCUT2D eigenvalue weighted by Crippen LogP contribution is -2.13. The van der Waals surface area contributed by atoms with Crippen molar-refractivity contribution in [1.82, 2.24) is 24.7 Å². The molecule has 7 nitrogen and oxygen atoms in total. The minimum atomic E-state index is 0.239. The van der Waals surface area contributed by atoms with E-state index in [-0.39, 0.29) is 12.0 Å². The molecule has 1 aliphatic rings. The Labute approximate surface area is 152 Å². The Balaban J connectivity index is 1.74. The van der Waals surface area contributed by atoms with Crippen molar-refractivity contribution in [1.29, 1.82) is 0 Å². The molecule has 0 amide bonds. The SMILES string of the molecule is COCCc1nc(-c2cnc(N)nc2C)n(C2Cc3ccccc3C2)n1. The summed E-state index contributed by atoms with van der Waals surface area (Å²) in [6, 6.07) is 8.80. The molecule has 26 heavy (non-hydrogen) atoms. The van der Waals surface area contributed by atoms with Crippen LogP contribution in [0.1, 0.15) is 28.7 Å². The Morgan fingerprint density at radius 2 is 1.92 bits per heavy atom. The number of hydrogen-bond acceptors (Lipinski definition) is 6. The van der Waals surface area contributed by atoms with Gasteiger partial charge in [-0.1, -0.05) is 24.3 Å². The number of nitrogens with two attached hydrogens (primary N) is 1. The monoisotopic (exact) mass is 350 g/mol. The summed E-state index contributed by atoms with van der Waals surface area (Å²) in [7, 11) is 1.68. The van der Waals surface area contributed by atoms with Crippen molar-refractivity contribution in [2.45, 2.75) is 32.2 Å². The molecule has 2 N–H and O–H groups in total. The molecule has 0 bridgehead atoms. The van der Waals surface area contributed by atoms with Crippen molar-refractivity contribution < 1.29 is 4.74 Å². The predicted octanol–water partition coefficient (Wildman–Crippen LogP) is 2.15. The van der Waals surface area contributed by atoms with E-state index in [1.54, 1.807) is 13.3 Å². The molecule has 0 spiro atoms. The second kappa shape index (κ2) is 6.84. The zero-order chi connectivity index (χ0) is 18.1. The van der Waals surface area contributed by atoms with Crippen molar-refractivity contribution in [3.05, 3.63) is 53.1 Å². The summed E-state index contributed by atoms with van der Waals surface area (Å²) in [4.78, 5) is 13.2. The molecule has 0 saturated heterocycles. The third-order valence-corrected chi connectivity index (χ3v) is 4.82. The first kappa shape index (κ1) is 16.7. The fourth-order valence-electron chi connectivity index (χ4n) is 3.52. The van der Waals surface area contributed by atoms with Gasteiger partial charge in [0.2, 0.25) is 5.95 Å². The summed E-state index contributed by atoms with van der Waals surface area (Å²) in [5.74, 6) is 1.84. The third kappa shape index (κ3) is 3.06. The molecule has 0 radical (unpaired) electrons. The van der Waals surface area contributed by atoms with E-state index in [2.05, 4.69) is 34.2 Å². The molecule has 0 unspecified atom stereocenters. The molecule has 2 heterocycles. The largest absolute Gasteiger partial charge is 0.384 e. The van der Waals surface area contributed by atoms with Gasteiger partial charge in [-0.3, -0.25) is 0 Å². The van der Waals surface area contributed by atoms with Gasteiger partial charge in [0.15, 0.2) is 11.6 Å². The van der Waals surface area contributed by atoms with Crippen molar-refractivity contribution in [2.75, 3.05) is 19.5 Å². The lowest BCUT2D eigenvalue weighted by Gasteiger charge is -2.13. The van der Waals surface area contributed by atoms with E-state index in [9.17, 15) is 0 Å². The van der Waals surface area contributed by atoms with Crippen molar-refractivity contribution >= 4 is 5.95 Å². The van der Waals surface area contributed by atoms with Crippen molar-refractivity contribution in [2.24, 2.45) is 0 Å². The highest BCUT2D eigenvalue weighted by atomic mass is 16.5. The number of ether oxygens (including phenoxy) is 1. The van der Waals surface area contributed by atoms with Gasteiger partial charge in [-0.15, -0.1) is 0 Å². The van der Waals surface area contributed by atoms with Gasteiger partial charge in [-0.05, 0) is 30.9 Å². The number of methoxy groups -OCH3 is 1. The van der Waals surface area contributed by atoms with Gasteiger partial charge in [0.1, 0.15) is 0 Å². The Morgan fingerprint density at radius 1 is 1.19 bits per heavy atom. The van der Waals surface area contributed by atoms with Gasteiger partial charge in [-0.2, -0.15) is 5.10 Å². The lowest BCUT2D eigenvalue weighted by molar-refractivity contribution is 0.200.